The third-order valence-corrected chi connectivity index (χ3v) is 6.20. The number of ether oxygens (including phenoxy) is 1. The maximum Gasteiger partial charge on any atom is 0.0719 e. The summed E-state index contributed by atoms with van der Waals surface area (Å²) >= 11 is 0. The molecule has 0 aliphatic carbocycles. The Balaban J connectivity index is 1.90. The predicted octanol–water partition coefficient (Wildman–Crippen LogP) is 6.45. The van der Waals surface area contributed by atoms with Gasteiger partial charge in [0.15, 0.2) is 0 Å². The van der Waals surface area contributed by atoms with Gasteiger partial charge >= 0.3 is 0 Å². The van der Waals surface area contributed by atoms with Gasteiger partial charge in [0.25, 0.3) is 0 Å². The summed E-state index contributed by atoms with van der Waals surface area (Å²) in [6.07, 6.45) is 0. The quantitative estimate of drug-likeness (QED) is 0.472. The van der Waals surface area contributed by atoms with Crippen LogP contribution in [-0.4, -0.2) is 6.61 Å². The van der Waals surface area contributed by atoms with E-state index in [0.29, 0.717) is 13.2 Å². The van der Waals surface area contributed by atoms with E-state index in [1.165, 1.54) is 22.3 Å². The van der Waals surface area contributed by atoms with Crippen LogP contribution in [0.3, 0.4) is 0 Å². The summed E-state index contributed by atoms with van der Waals surface area (Å²) in [5.74, 6) is 0. The molecule has 1 nitrogen and oxygen atoms in total. The van der Waals surface area contributed by atoms with Crippen molar-refractivity contribution >= 4 is 0 Å². The largest absolute Gasteiger partial charge is 0.376 e. The van der Waals surface area contributed by atoms with Crippen molar-refractivity contribution in [1.29, 1.82) is 0 Å². The summed E-state index contributed by atoms with van der Waals surface area (Å²) in [7, 11) is 0. The number of benzene rings is 3. The molecule has 0 saturated heterocycles. The molecule has 0 saturated carbocycles. The van der Waals surface area contributed by atoms with Gasteiger partial charge in [0.2, 0.25) is 0 Å². The Morgan fingerprint density at radius 2 is 1.19 bits per heavy atom. The van der Waals surface area contributed by atoms with Crippen LogP contribution in [0.1, 0.15) is 43.0 Å². The average Bonchev–Trinajstić information content (AvgIpc) is 2.70. The van der Waals surface area contributed by atoms with Crippen LogP contribution in [0.4, 0.5) is 0 Å². The van der Waals surface area contributed by atoms with Crippen molar-refractivity contribution in [3.8, 4) is 0 Å². The van der Waals surface area contributed by atoms with Gasteiger partial charge < -0.3 is 4.74 Å². The first-order valence-electron chi connectivity index (χ1n) is 9.68. The second kappa shape index (κ2) is 8.10. The Bertz CT molecular complexity index is 852. The van der Waals surface area contributed by atoms with Crippen molar-refractivity contribution in [2.24, 2.45) is 0 Å². The highest BCUT2D eigenvalue weighted by atomic mass is 16.5. The fourth-order valence-electron chi connectivity index (χ4n) is 3.74. The smallest absolute Gasteiger partial charge is 0.0719 e. The summed E-state index contributed by atoms with van der Waals surface area (Å²) in [4.78, 5) is 0. The molecule has 0 fully saturated rings. The lowest BCUT2D eigenvalue weighted by molar-refractivity contribution is 0.0475. The minimum atomic E-state index is -0.154. The molecule has 0 spiro atoms. The van der Waals surface area contributed by atoms with E-state index >= 15 is 0 Å². The van der Waals surface area contributed by atoms with Crippen LogP contribution in [0.2, 0.25) is 0 Å². The van der Waals surface area contributed by atoms with Crippen LogP contribution in [0.15, 0.2) is 84.9 Å². The lowest BCUT2D eigenvalue weighted by Crippen LogP contribution is -2.46. The molecule has 1 atom stereocenters. The van der Waals surface area contributed by atoms with Crippen LogP contribution in [0.5, 0.6) is 0 Å². The summed E-state index contributed by atoms with van der Waals surface area (Å²) < 4.78 is 6.33. The van der Waals surface area contributed by atoms with E-state index in [9.17, 15) is 0 Å². The maximum atomic E-state index is 6.33. The van der Waals surface area contributed by atoms with Gasteiger partial charge in [0, 0.05) is 10.8 Å². The zero-order valence-electron chi connectivity index (χ0n) is 16.9. The Morgan fingerprint density at radius 3 is 1.78 bits per heavy atom. The number of hydrogen-bond acceptors (Lipinski definition) is 1. The Morgan fingerprint density at radius 1 is 0.667 bits per heavy atom. The van der Waals surface area contributed by atoms with E-state index < -0.39 is 0 Å². The fourth-order valence-corrected chi connectivity index (χ4v) is 3.74. The second-order valence-corrected chi connectivity index (χ2v) is 8.11. The fraction of sp³-hybridized carbons (Fsp3) is 0.308. The van der Waals surface area contributed by atoms with Crippen LogP contribution in [0, 0.1) is 6.92 Å². The van der Waals surface area contributed by atoms with Crippen molar-refractivity contribution < 1.29 is 4.74 Å². The molecule has 0 aliphatic rings. The highest BCUT2D eigenvalue weighted by Gasteiger charge is 2.43. The molecule has 0 unspecified atom stereocenters. The maximum absolute atomic E-state index is 6.33. The monoisotopic (exact) mass is 358 g/mol. The van der Waals surface area contributed by atoms with E-state index in [4.69, 9.17) is 4.74 Å². The van der Waals surface area contributed by atoms with Crippen LogP contribution in [-0.2, 0) is 22.2 Å². The molecule has 0 bridgehead atoms. The van der Waals surface area contributed by atoms with E-state index in [2.05, 4.69) is 113 Å². The normalized spacial score (nSPS) is 13.9. The third-order valence-electron chi connectivity index (χ3n) is 6.20. The minimum absolute atomic E-state index is 0.0820. The average molecular weight is 359 g/mol. The van der Waals surface area contributed by atoms with Gasteiger partial charge in [-0.1, -0.05) is 106 Å². The first-order chi connectivity index (χ1) is 12.9. The van der Waals surface area contributed by atoms with Crippen molar-refractivity contribution in [2.45, 2.75) is 45.1 Å². The summed E-state index contributed by atoms with van der Waals surface area (Å²) in [5, 5.41) is 0. The van der Waals surface area contributed by atoms with Crippen LogP contribution >= 0.6 is 0 Å². The van der Waals surface area contributed by atoms with Crippen LogP contribution in [0.25, 0.3) is 0 Å². The van der Waals surface area contributed by atoms with Crippen molar-refractivity contribution in [3.63, 3.8) is 0 Å². The first kappa shape index (κ1) is 19.4. The van der Waals surface area contributed by atoms with Crippen molar-refractivity contribution in [3.05, 3.63) is 107 Å². The molecular weight excluding hydrogens is 328 g/mol. The van der Waals surface area contributed by atoms with Gasteiger partial charge in [-0.05, 0) is 29.2 Å². The number of aryl methyl sites for hydroxylation is 1. The van der Waals surface area contributed by atoms with E-state index in [0.717, 1.165) is 0 Å². The molecule has 0 amide bonds. The highest BCUT2D eigenvalue weighted by molar-refractivity contribution is 5.37. The molecule has 140 valence electrons. The minimum Gasteiger partial charge on any atom is -0.376 e. The van der Waals surface area contributed by atoms with Crippen molar-refractivity contribution in [2.75, 3.05) is 6.61 Å². The Labute approximate surface area is 164 Å². The molecular formula is C26H30O. The molecule has 0 N–H and O–H groups in total. The van der Waals surface area contributed by atoms with E-state index in [1.54, 1.807) is 0 Å². The molecule has 1 heteroatoms. The van der Waals surface area contributed by atoms with Gasteiger partial charge in [0.1, 0.15) is 0 Å². The van der Waals surface area contributed by atoms with E-state index in [1.807, 2.05) is 0 Å². The zero-order chi connectivity index (χ0) is 19.3. The van der Waals surface area contributed by atoms with Gasteiger partial charge in [0.05, 0.1) is 13.2 Å². The predicted molar refractivity (Wildman–Crippen MR) is 114 cm³/mol. The Hall–Kier alpha value is -2.38. The molecule has 3 aromatic carbocycles. The molecule has 3 aromatic rings. The van der Waals surface area contributed by atoms with Crippen molar-refractivity contribution in [1.82, 2.24) is 0 Å². The topological polar surface area (TPSA) is 9.23 Å². The van der Waals surface area contributed by atoms with Gasteiger partial charge in [-0.25, -0.2) is 0 Å². The molecule has 0 aliphatic heterocycles. The van der Waals surface area contributed by atoms with Gasteiger partial charge in [-0.3, -0.25) is 0 Å². The second-order valence-electron chi connectivity index (χ2n) is 8.11. The molecule has 27 heavy (non-hydrogen) atoms. The van der Waals surface area contributed by atoms with Crippen LogP contribution < -0.4 is 0 Å². The highest BCUT2D eigenvalue weighted by Crippen LogP contribution is 2.44. The first-order valence-corrected chi connectivity index (χ1v) is 9.68. The SMILES string of the molecule is Cc1ccccc1COC[C@](C)(c1ccccc1)C(C)(C)c1ccccc1. The Kier molecular flexibility index (Phi) is 5.82. The number of hydrogen-bond donors (Lipinski definition) is 0. The summed E-state index contributed by atoms with van der Waals surface area (Å²) in [6, 6.07) is 30.0. The lowest BCUT2D eigenvalue weighted by Gasteiger charge is -2.45. The summed E-state index contributed by atoms with van der Waals surface area (Å²) in [5.41, 5.74) is 4.94. The molecule has 0 radical (unpaired) electrons. The van der Waals surface area contributed by atoms with Gasteiger partial charge in [-0.15, -0.1) is 0 Å². The summed E-state index contributed by atoms with van der Waals surface area (Å²) in [6.45, 7) is 10.4. The third kappa shape index (κ3) is 3.99. The van der Waals surface area contributed by atoms with E-state index in [-0.39, 0.29) is 10.8 Å². The molecule has 0 heterocycles. The zero-order valence-corrected chi connectivity index (χ0v) is 16.9. The molecule has 0 aromatic heterocycles. The van der Waals surface area contributed by atoms with Gasteiger partial charge in [-0.2, -0.15) is 0 Å². The number of rotatable bonds is 7. The standard InChI is InChI=1S/C26H30O/c1-21-13-11-12-14-22(21)19-27-20-26(4,24-17-9-6-10-18-24)25(2,3)23-15-7-5-8-16-23/h5-18H,19-20H2,1-4H3/t26-/m1/s1. The molecule has 3 rings (SSSR count). The lowest BCUT2D eigenvalue weighted by atomic mass is 9.60.